The molecule has 114 valence electrons. The Bertz CT molecular complexity index is 599. The maximum absolute atomic E-state index is 11.9. The minimum Gasteiger partial charge on any atom is -0.348 e. The van der Waals surface area contributed by atoms with E-state index in [1.165, 1.54) is 0 Å². The molecule has 0 saturated carbocycles. The van der Waals surface area contributed by atoms with Crippen LogP contribution in [0, 0.1) is 6.92 Å². The lowest BCUT2D eigenvalue weighted by atomic mass is 10.2. The number of carbonyl (C=O) groups is 1. The van der Waals surface area contributed by atoms with Gasteiger partial charge in [-0.25, -0.2) is 0 Å². The minimum absolute atomic E-state index is 0.0298. The predicted molar refractivity (Wildman–Crippen MR) is 81.0 cm³/mol. The van der Waals surface area contributed by atoms with Crippen LogP contribution >= 0.6 is 11.6 Å². The van der Waals surface area contributed by atoms with Crippen LogP contribution in [0.1, 0.15) is 37.7 Å². The summed E-state index contributed by atoms with van der Waals surface area (Å²) in [6.07, 6.45) is 4.00. The van der Waals surface area contributed by atoms with Crippen LogP contribution in [0.4, 0.5) is 0 Å². The van der Waals surface area contributed by atoms with Gasteiger partial charge in [-0.2, -0.15) is 10.2 Å². The number of nitrogens with zero attached hydrogens (tertiary/aromatic N) is 4. The SMILES string of the molecule is CCn1ccc(C(C)NC(=O)CCn2cc(Cl)c(C)n2)n1. The Morgan fingerprint density at radius 3 is 2.76 bits per heavy atom. The maximum Gasteiger partial charge on any atom is 0.222 e. The second-order valence-corrected chi connectivity index (χ2v) is 5.37. The third-order valence-electron chi connectivity index (χ3n) is 3.26. The normalized spacial score (nSPS) is 12.4. The molecule has 2 aromatic rings. The van der Waals surface area contributed by atoms with Crippen molar-refractivity contribution in [3.8, 4) is 0 Å². The van der Waals surface area contributed by atoms with Crippen LogP contribution in [0.15, 0.2) is 18.5 Å². The standard InChI is InChI=1S/C14H20ClN5O/c1-4-19-7-5-13(18-19)11(3)16-14(21)6-8-20-9-12(15)10(2)17-20/h5,7,9,11H,4,6,8H2,1-3H3,(H,16,21). The number of carbonyl (C=O) groups excluding carboxylic acids is 1. The quantitative estimate of drug-likeness (QED) is 0.890. The van der Waals surface area contributed by atoms with Gasteiger partial charge in [-0.15, -0.1) is 0 Å². The number of aromatic nitrogens is 4. The van der Waals surface area contributed by atoms with Crippen molar-refractivity contribution < 1.29 is 4.79 Å². The number of hydrogen-bond acceptors (Lipinski definition) is 3. The lowest BCUT2D eigenvalue weighted by molar-refractivity contribution is -0.122. The summed E-state index contributed by atoms with van der Waals surface area (Å²) in [6.45, 7) is 7.12. The van der Waals surface area contributed by atoms with Gasteiger partial charge in [0.1, 0.15) is 0 Å². The zero-order chi connectivity index (χ0) is 15.4. The molecule has 0 spiro atoms. The molecule has 0 aromatic carbocycles. The lowest BCUT2D eigenvalue weighted by Gasteiger charge is -2.11. The summed E-state index contributed by atoms with van der Waals surface area (Å²) >= 11 is 5.93. The Balaban J connectivity index is 1.83. The summed E-state index contributed by atoms with van der Waals surface area (Å²) < 4.78 is 3.53. The molecule has 1 amide bonds. The summed E-state index contributed by atoms with van der Waals surface area (Å²) in [5.74, 6) is -0.0298. The first-order valence-electron chi connectivity index (χ1n) is 7.02. The van der Waals surface area contributed by atoms with E-state index < -0.39 is 0 Å². The van der Waals surface area contributed by atoms with E-state index in [0.29, 0.717) is 18.0 Å². The molecule has 21 heavy (non-hydrogen) atoms. The number of amides is 1. The van der Waals surface area contributed by atoms with E-state index in [4.69, 9.17) is 11.6 Å². The molecule has 0 saturated heterocycles. The predicted octanol–water partition coefficient (Wildman–Crippen LogP) is 2.33. The highest BCUT2D eigenvalue weighted by molar-refractivity contribution is 6.31. The van der Waals surface area contributed by atoms with Crippen molar-refractivity contribution in [3.05, 3.63) is 34.9 Å². The Kier molecular flexibility index (Phi) is 5.01. The lowest BCUT2D eigenvalue weighted by Crippen LogP contribution is -2.27. The first kappa shape index (κ1) is 15.6. The first-order valence-corrected chi connectivity index (χ1v) is 7.39. The number of aryl methyl sites for hydroxylation is 3. The van der Waals surface area contributed by atoms with Crippen molar-refractivity contribution in [2.75, 3.05) is 0 Å². The van der Waals surface area contributed by atoms with E-state index in [-0.39, 0.29) is 11.9 Å². The number of rotatable bonds is 6. The first-order chi connectivity index (χ1) is 9.99. The number of hydrogen-bond donors (Lipinski definition) is 1. The molecular weight excluding hydrogens is 290 g/mol. The van der Waals surface area contributed by atoms with E-state index in [9.17, 15) is 4.79 Å². The fourth-order valence-electron chi connectivity index (χ4n) is 2.00. The molecule has 2 rings (SSSR count). The van der Waals surface area contributed by atoms with Crippen LogP contribution in [0.3, 0.4) is 0 Å². The van der Waals surface area contributed by atoms with Crippen molar-refractivity contribution in [1.82, 2.24) is 24.9 Å². The van der Waals surface area contributed by atoms with Crippen molar-refractivity contribution in [2.24, 2.45) is 0 Å². The fraction of sp³-hybridized carbons (Fsp3) is 0.500. The largest absolute Gasteiger partial charge is 0.348 e. The molecule has 2 aromatic heterocycles. The highest BCUT2D eigenvalue weighted by atomic mass is 35.5. The third-order valence-corrected chi connectivity index (χ3v) is 3.63. The van der Waals surface area contributed by atoms with Crippen LogP contribution in [0.2, 0.25) is 5.02 Å². The molecular formula is C14H20ClN5O. The smallest absolute Gasteiger partial charge is 0.222 e. The summed E-state index contributed by atoms with van der Waals surface area (Å²) in [7, 11) is 0. The molecule has 0 aliphatic carbocycles. The molecule has 7 heteroatoms. The summed E-state index contributed by atoms with van der Waals surface area (Å²) in [5.41, 5.74) is 1.64. The van der Waals surface area contributed by atoms with Crippen molar-refractivity contribution in [2.45, 2.75) is 46.3 Å². The average molecular weight is 310 g/mol. The number of halogens is 1. The molecule has 0 radical (unpaired) electrons. The van der Waals surface area contributed by atoms with E-state index >= 15 is 0 Å². The van der Waals surface area contributed by atoms with Crippen LogP contribution in [-0.4, -0.2) is 25.5 Å². The van der Waals surface area contributed by atoms with Crippen molar-refractivity contribution in [3.63, 3.8) is 0 Å². The molecule has 6 nitrogen and oxygen atoms in total. The average Bonchev–Trinajstić information content (AvgIpc) is 3.04. The molecule has 1 atom stereocenters. The van der Waals surface area contributed by atoms with Gasteiger partial charge in [-0.3, -0.25) is 14.2 Å². The Labute approximate surface area is 129 Å². The van der Waals surface area contributed by atoms with Crippen LogP contribution in [0.5, 0.6) is 0 Å². The van der Waals surface area contributed by atoms with Crippen molar-refractivity contribution in [1.29, 1.82) is 0 Å². The Morgan fingerprint density at radius 2 is 2.19 bits per heavy atom. The van der Waals surface area contributed by atoms with Gasteiger partial charge in [0.25, 0.3) is 0 Å². The van der Waals surface area contributed by atoms with Crippen LogP contribution in [0.25, 0.3) is 0 Å². The van der Waals surface area contributed by atoms with Crippen LogP contribution in [-0.2, 0) is 17.9 Å². The van der Waals surface area contributed by atoms with Gasteiger partial charge in [0.2, 0.25) is 5.91 Å². The highest BCUT2D eigenvalue weighted by Crippen LogP contribution is 2.13. The van der Waals surface area contributed by atoms with Gasteiger partial charge in [-0.1, -0.05) is 11.6 Å². The van der Waals surface area contributed by atoms with Crippen LogP contribution < -0.4 is 5.32 Å². The topological polar surface area (TPSA) is 64.7 Å². The van der Waals surface area contributed by atoms with E-state index in [1.54, 1.807) is 10.9 Å². The van der Waals surface area contributed by atoms with Gasteiger partial charge >= 0.3 is 0 Å². The third kappa shape index (κ3) is 4.07. The second kappa shape index (κ2) is 6.76. The molecule has 0 fully saturated rings. The van der Waals surface area contributed by atoms with Gasteiger partial charge in [-0.05, 0) is 26.8 Å². The summed E-state index contributed by atoms with van der Waals surface area (Å²) in [6, 6.07) is 1.82. The number of nitrogens with one attached hydrogen (secondary N) is 1. The zero-order valence-corrected chi connectivity index (χ0v) is 13.3. The van der Waals surface area contributed by atoms with E-state index in [2.05, 4.69) is 15.5 Å². The summed E-state index contributed by atoms with van der Waals surface area (Å²) in [4.78, 5) is 11.9. The van der Waals surface area contributed by atoms with Crippen molar-refractivity contribution >= 4 is 17.5 Å². The maximum atomic E-state index is 11.9. The molecule has 1 unspecified atom stereocenters. The molecule has 1 N–H and O–H groups in total. The monoisotopic (exact) mass is 309 g/mol. The molecule has 0 aliphatic heterocycles. The second-order valence-electron chi connectivity index (χ2n) is 4.96. The zero-order valence-electron chi connectivity index (χ0n) is 12.5. The minimum atomic E-state index is -0.103. The summed E-state index contributed by atoms with van der Waals surface area (Å²) in [5, 5.41) is 12.2. The van der Waals surface area contributed by atoms with Gasteiger partial charge in [0, 0.05) is 31.9 Å². The Morgan fingerprint density at radius 1 is 1.43 bits per heavy atom. The Hall–Kier alpha value is -1.82. The molecule has 0 bridgehead atoms. The molecule has 0 aliphatic rings. The fourth-order valence-corrected chi connectivity index (χ4v) is 2.15. The van der Waals surface area contributed by atoms with Gasteiger partial charge in [0.15, 0.2) is 0 Å². The van der Waals surface area contributed by atoms with Gasteiger partial charge in [0.05, 0.1) is 22.5 Å². The van der Waals surface area contributed by atoms with E-state index in [1.807, 2.05) is 37.7 Å². The van der Waals surface area contributed by atoms with E-state index in [0.717, 1.165) is 17.9 Å². The highest BCUT2D eigenvalue weighted by Gasteiger charge is 2.12. The van der Waals surface area contributed by atoms with Gasteiger partial charge < -0.3 is 5.32 Å². The molecule has 2 heterocycles.